The molecule has 0 saturated heterocycles. The molecule has 3 fully saturated rings. The average molecular weight is 425 g/mol. The van der Waals surface area contributed by atoms with Crippen molar-refractivity contribution in [2.75, 3.05) is 0 Å². The zero-order chi connectivity index (χ0) is 22.6. The molecule has 0 spiro atoms. The molecule has 0 unspecified atom stereocenters. The standard InChI is InChI=1S/C29H44O2/c1-7-20(18(2)3)9-8-19(4)23-10-11-24-22-17-27(31)26-16-21(30)12-14-29(26,6)25(22)13-15-28(23,24)5/h7,16,18-19,22-25H,8-15,17H2,1-6H3/b20-7-/t19-,22+,23-,24+,25+,28-,29-/m1/s1. The summed E-state index contributed by atoms with van der Waals surface area (Å²) in [6.45, 7) is 14.2. The van der Waals surface area contributed by atoms with Crippen LogP contribution in [-0.4, -0.2) is 11.6 Å². The van der Waals surface area contributed by atoms with Crippen molar-refractivity contribution in [1.29, 1.82) is 0 Å². The van der Waals surface area contributed by atoms with E-state index in [9.17, 15) is 9.59 Å². The second kappa shape index (κ2) is 8.31. The Morgan fingerprint density at radius 2 is 1.84 bits per heavy atom. The highest BCUT2D eigenvalue weighted by atomic mass is 16.1. The molecule has 0 aromatic carbocycles. The molecule has 4 rings (SSSR count). The molecule has 2 heteroatoms. The van der Waals surface area contributed by atoms with Gasteiger partial charge in [-0.2, -0.15) is 0 Å². The number of hydrogen-bond acceptors (Lipinski definition) is 2. The van der Waals surface area contributed by atoms with Crippen LogP contribution in [0.2, 0.25) is 0 Å². The summed E-state index contributed by atoms with van der Waals surface area (Å²) in [5, 5.41) is 0. The van der Waals surface area contributed by atoms with Gasteiger partial charge in [0.15, 0.2) is 11.6 Å². The molecular weight excluding hydrogens is 380 g/mol. The van der Waals surface area contributed by atoms with Gasteiger partial charge >= 0.3 is 0 Å². The minimum atomic E-state index is -0.0585. The number of rotatable bonds is 5. The SMILES string of the molecule is C/C=C(/CC[C@@H](C)[C@H]1CC[C@H]2[C@@H]3CC(=O)C4=CC(=O)CC[C@]4(C)[C@H]3CC[C@]12C)C(C)C. The van der Waals surface area contributed by atoms with Crippen LogP contribution in [0.15, 0.2) is 23.3 Å². The van der Waals surface area contributed by atoms with E-state index in [0.717, 1.165) is 23.8 Å². The van der Waals surface area contributed by atoms with Gasteiger partial charge in [0.1, 0.15) is 0 Å². The maximum absolute atomic E-state index is 13.2. The molecule has 0 aromatic rings. The number of carbonyl (C=O) groups is 2. The summed E-state index contributed by atoms with van der Waals surface area (Å²) >= 11 is 0. The Bertz CT molecular complexity index is 802. The lowest BCUT2D eigenvalue weighted by atomic mass is 9.46. The molecule has 0 radical (unpaired) electrons. The van der Waals surface area contributed by atoms with Crippen LogP contribution in [0.3, 0.4) is 0 Å². The van der Waals surface area contributed by atoms with Crippen LogP contribution in [0.25, 0.3) is 0 Å². The molecule has 0 amide bonds. The number of carbonyl (C=O) groups excluding carboxylic acids is 2. The van der Waals surface area contributed by atoms with Gasteiger partial charge in [-0.05, 0) is 104 Å². The van der Waals surface area contributed by atoms with Crippen molar-refractivity contribution in [2.24, 2.45) is 46.3 Å². The maximum Gasteiger partial charge on any atom is 0.159 e. The van der Waals surface area contributed by atoms with Gasteiger partial charge in [0.2, 0.25) is 0 Å². The van der Waals surface area contributed by atoms with Gasteiger partial charge in [-0.15, -0.1) is 0 Å². The Kier molecular flexibility index (Phi) is 6.16. The Hall–Kier alpha value is -1.18. The van der Waals surface area contributed by atoms with E-state index >= 15 is 0 Å². The van der Waals surface area contributed by atoms with Gasteiger partial charge in [-0.1, -0.05) is 46.3 Å². The van der Waals surface area contributed by atoms with Gasteiger partial charge in [-0.25, -0.2) is 0 Å². The normalized spacial score (nSPS) is 41.5. The lowest BCUT2D eigenvalue weighted by molar-refractivity contribution is -0.131. The van der Waals surface area contributed by atoms with Gasteiger partial charge in [0.25, 0.3) is 0 Å². The van der Waals surface area contributed by atoms with Crippen LogP contribution in [-0.2, 0) is 9.59 Å². The van der Waals surface area contributed by atoms with Crippen LogP contribution < -0.4 is 0 Å². The Labute approximate surface area is 190 Å². The first-order valence-electron chi connectivity index (χ1n) is 13.0. The molecule has 0 aromatic heterocycles. The number of ketones is 2. The number of allylic oxidation sites excluding steroid dienone is 3. The van der Waals surface area contributed by atoms with E-state index in [1.54, 1.807) is 11.6 Å². The molecule has 2 nitrogen and oxygen atoms in total. The lowest BCUT2D eigenvalue weighted by Crippen LogP contribution is -2.53. The fourth-order valence-corrected chi connectivity index (χ4v) is 8.72. The molecule has 0 aliphatic heterocycles. The van der Waals surface area contributed by atoms with E-state index in [2.05, 4.69) is 47.6 Å². The first-order valence-corrected chi connectivity index (χ1v) is 13.0. The Balaban J connectivity index is 1.53. The quantitative estimate of drug-likeness (QED) is 0.433. The van der Waals surface area contributed by atoms with E-state index in [-0.39, 0.29) is 17.0 Å². The zero-order valence-electron chi connectivity index (χ0n) is 20.8. The summed E-state index contributed by atoms with van der Waals surface area (Å²) in [6.07, 6.45) is 14.0. The molecule has 4 aliphatic rings. The summed E-state index contributed by atoms with van der Waals surface area (Å²) in [7, 11) is 0. The first kappa shape index (κ1) is 23.0. The summed E-state index contributed by atoms with van der Waals surface area (Å²) in [5.74, 6) is 4.44. The Morgan fingerprint density at radius 3 is 2.52 bits per heavy atom. The molecule has 0 bridgehead atoms. The molecular formula is C29H44O2. The maximum atomic E-state index is 13.2. The fraction of sp³-hybridized carbons (Fsp3) is 0.793. The van der Waals surface area contributed by atoms with E-state index in [1.807, 2.05) is 0 Å². The minimum Gasteiger partial charge on any atom is -0.295 e. The van der Waals surface area contributed by atoms with Crippen molar-refractivity contribution in [3.05, 3.63) is 23.3 Å². The minimum absolute atomic E-state index is 0.0585. The highest BCUT2D eigenvalue weighted by molar-refractivity contribution is 6.05. The third-order valence-corrected chi connectivity index (χ3v) is 10.5. The van der Waals surface area contributed by atoms with Crippen molar-refractivity contribution in [1.82, 2.24) is 0 Å². The lowest BCUT2D eigenvalue weighted by Gasteiger charge is -2.57. The second-order valence-electron chi connectivity index (χ2n) is 12.2. The van der Waals surface area contributed by atoms with E-state index < -0.39 is 0 Å². The van der Waals surface area contributed by atoms with Crippen LogP contribution in [0, 0.1) is 46.3 Å². The summed E-state index contributed by atoms with van der Waals surface area (Å²) < 4.78 is 0. The number of hydrogen-bond donors (Lipinski definition) is 0. The van der Waals surface area contributed by atoms with Crippen molar-refractivity contribution in [3.63, 3.8) is 0 Å². The van der Waals surface area contributed by atoms with Gasteiger partial charge in [0.05, 0.1) is 0 Å². The average Bonchev–Trinajstić information content (AvgIpc) is 3.07. The Morgan fingerprint density at radius 1 is 1.10 bits per heavy atom. The van der Waals surface area contributed by atoms with Crippen molar-refractivity contribution >= 4 is 11.6 Å². The summed E-state index contributed by atoms with van der Waals surface area (Å²) in [4.78, 5) is 25.2. The molecule has 0 heterocycles. The van der Waals surface area contributed by atoms with Crippen molar-refractivity contribution in [2.45, 2.75) is 99.3 Å². The van der Waals surface area contributed by atoms with E-state index in [1.165, 1.54) is 38.5 Å². The zero-order valence-corrected chi connectivity index (χ0v) is 20.8. The van der Waals surface area contributed by atoms with Gasteiger partial charge in [-0.3, -0.25) is 9.59 Å². The van der Waals surface area contributed by atoms with Crippen molar-refractivity contribution < 1.29 is 9.59 Å². The van der Waals surface area contributed by atoms with Crippen LogP contribution in [0.4, 0.5) is 0 Å². The molecule has 3 saturated carbocycles. The monoisotopic (exact) mass is 424 g/mol. The third kappa shape index (κ3) is 3.70. The van der Waals surface area contributed by atoms with E-state index in [0.29, 0.717) is 41.9 Å². The van der Waals surface area contributed by atoms with Crippen LogP contribution >= 0.6 is 0 Å². The predicted octanol–water partition coefficient (Wildman–Crippen LogP) is 7.33. The van der Waals surface area contributed by atoms with Crippen molar-refractivity contribution in [3.8, 4) is 0 Å². The van der Waals surface area contributed by atoms with E-state index in [4.69, 9.17) is 0 Å². The fourth-order valence-electron chi connectivity index (χ4n) is 8.72. The molecule has 4 aliphatic carbocycles. The smallest absolute Gasteiger partial charge is 0.159 e. The molecule has 7 atom stereocenters. The number of Topliss-reactive ketones (excluding diaryl/α,β-unsaturated/α-hetero) is 1. The highest BCUT2D eigenvalue weighted by Gasteiger charge is 2.60. The van der Waals surface area contributed by atoms with Crippen LogP contribution in [0.5, 0.6) is 0 Å². The molecule has 31 heavy (non-hydrogen) atoms. The topological polar surface area (TPSA) is 34.1 Å². The summed E-state index contributed by atoms with van der Waals surface area (Å²) in [6, 6.07) is 0. The first-order chi connectivity index (χ1) is 14.6. The number of fused-ring (bicyclic) bond motifs is 5. The predicted molar refractivity (Wildman–Crippen MR) is 128 cm³/mol. The molecule has 172 valence electrons. The second-order valence-corrected chi connectivity index (χ2v) is 12.2. The van der Waals surface area contributed by atoms with Gasteiger partial charge in [0, 0.05) is 18.4 Å². The molecule has 0 N–H and O–H groups in total. The summed E-state index contributed by atoms with van der Waals surface area (Å²) in [5.41, 5.74) is 2.81. The third-order valence-electron chi connectivity index (χ3n) is 10.5. The highest BCUT2D eigenvalue weighted by Crippen LogP contribution is 2.67. The van der Waals surface area contributed by atoms with Crippen LogP contribution in [0.1, 0.15) is 99.3 Å². The van der Waals surface area contributed by atoms with Gasteiger partial charge < -0.3 is 0 Å². The largest absolute Gasteiger partial charge is 0.295 e.